The number of phosphoric acid groups is 2. The van der Waals surface area contributed by atoms with Crippen molar-refractivity contribution in [3.63, 3.8) is 0 Å². The number of hydrogen-bond donors (Lipinski definition) is 4. The van der Waals surface area contributed by atoms with Gasteiger partial charge in [-0.3, -0.25) is 9.36 Å². The molecule has 0 rings (SSSR count). The predicted molar refractivity (Wildman–Crippen MR) is 58.1 cm³/mol. The number of carbonyl (C=O) groups is 1. The summed E-state index contributed by atoms with van der Waals surface area (Å²) in [5.74, 6) is -1.46. The molecular weight excluding hydrogens is 373 g/mol. The van der Waals surface area contributed by atoms with Gasteiger partial charge in [-0.25, -0.2) is 0 Å². The number of Topliss-reactive ketones (excluding diaryl/α,β-unsaturated/α-hetero) is 1. The van der Waals surface area contributed by atoms with Gasteiger partial charge in [-0.15, -0.1) is 0 Å². The van der Waals surface area contributed by atoms with E-state index in [1.807, 2.05) is 0 Å². The number of rotatable bonds is 9. The third kappa shape index (κ3) is 13.9. The van der Waals surface area contributed by atoms with E-state index in [2.05, 4.69) is 9.05 Å². The van der Waals surface area contributed by atoms with Crippen molar-refractivity contribution >= 4 is 44.5 Å². The van der Waals surface area contributed by atoms with Crippen LogP contribution in [0.2, 0.25) is 0 Å². The number of ketones is 1. The molecule has 0 bridgehead atoms. The molecule has 4 atom stereocenters. The van der Waals surface area contributed by atoms with Gasteiger partial charge in [0, 0.05) is 0 Å². The molecule has 0 spiro atoms. The molecule has 0 aromatic carbocycles. The molecule has 0 fully saturated rings. The molecule has 4 N–H and O–H groups in total. The van der Waals surface area contributed by atoms with E-state index in [0.29, 0.717) is 0 Å². The Kier molecular flexibility index (Phi) is 15.4. The van der Waals surface area contributed by atoms with Crippen molar-refractivity contribution in [3.05, 3.63) is 0 Å². The zero-order chi connectivity index (χ0) is 16.1. The van der Waals surface area contributed by atoms with E-state index in [1.165, 1.54) is 0 Å². The van der Waals surface area contributed by atoms with E-state index in [4.69, 9.17) is 10.00 Å². The van der Waals surface area contributed by atoms with E-state index in [9.17, 15) is 38.8 Å². The van der Waals surface area contributed by atoms with Crippen LogP contribution in [-0.4, -0.2) is 80.6 Å². The molecule has 16 heteroatoms. The molecule has 0 heterocycles. The number of aliphatic hydroxyl groups excluding tert-OH is 3. The first kappa shape index (κ1) is 28.3. The van der Waals surface area contributed by atoms with Crippen LogP contribution in [0.3, 0.4) is 0 Å². The zero-order valence-electron chi connectivity index (χ0n) is 11.3. The molecule has 0 aromatic rings. The molecule has 22 heavy (non-hydrogen) atoms. The van der Waals surface area contributed by atoms with Gasteiger partial charge in [-0.1, -0.05) is 0 Å². The Labute approximate surface area is 162 Å². The van der Waals surface area contributed by atoms with Crippen LogP contribution in [0.15, 0.2) is 0 Å². The Morgan fingerprint density at radius 2 is 1.55 bits per heavy atom. The fraction of sp³-hybridized carbons (Fsp3) is 0.833. The molecule has 0 aromatic heterocycles. The van der Waals surface area contributed by atoms with E-state index in [1.54, 1.807) is 0 Å². The summed E-state index contributed by atoms with van der Waals surface area (Å²) in [6.45, 7) is -2.55. The van der Waals surface area contributed by atoms with E-state index < -0.39 is 53.0 Å². The average molecular weight is 384 g/mol. The van der Waals surface area contributed by atoms with Gasteiger partial charge in [0.25, 0.3) is 7.82 Å². The minimum atomic E-state index is -5.46. The van der Waals surface area contributed by atoms with Crippen molar-refractivity contribution in [2.45, 2.75) is 18.3 Å². The van der Waals surface area contributed by atoms with Gasteiger partial charge < -0.3 is 48.5 Å². The Hall–Kier alpha value is 1.54. The predicted octanol–water partition coefficient (Wildman–Crippen LogP) is -8.42. The smallest absolute Gasteiger partial charge is 0.790 e. The third-order valence-electron chi connectivity index (χ3n) is 1.82. The molecule has 0 saturated heterocycles. The van der Waals surface area contributed by atoms with E-state index in [0.717, 1.165) is 0 Å². The second kappa shape index (κ2) is 12.0. The van der Waals surface area contributed by atoms with Crippen molar-refractivity contribution < 1.29 is 87.4 Å². The molecule has 1 unspecified atom stereocenters. The van der Waals surface area contributed by atoms with Crippen molar-refractivity contribution in [1.29, 1.82) is 0 Å². The largest absolute Gasteiger partial charge is 2.00 e. The Morgan fingerprint density at radius 1 is 1.09 bits per heavy atom. The van der Waals surface area contributed by atoms with Gasteiger partial charge in [0.2, 0.25) is 0 Å². The quantitative estimate of drug-likeness (QED) is 0.215. The SMILES string of the molecule is O=C(COP(=O)([O-])[O-])[C@@H](O)[C@H](O)[C@H](O)COP(=O)([O-])O.[Mg+2].[Na+]. The first-order valence-corrected chi connectivity index (χ1v) is 7.71. The number of aliphatic hydroxyl groups is 3. The number of hydrogen-bond acceptors (Lipinski definition) is 11. The summed E-state index contributed by atoms with van der Waals surface area (Å²) in [5, 5.41) is 27.6. The molecule has 0 aliphatic heterocycles. The normalized spacial score (nSPS) is 18.1. The standard InChI is InChI=1S/C6H14O12P2.Mg.Na/c7-3(1-17-19(11,12)13)5(9)6(10)4(8)2-18-20(14,15)16;;/h3,5-7,9-10H,1-2H2,(H2,11,12,13)(H2,14,15,16);;/q;+2;+1/p-3/t3-,5-,6-;;/m1../s1. The summed E-state index contributed by atoms with van der Waals surface area (Å²) >= 11 is 0. The molecule has 0 saturated carbocycles. The molecule has 0 amide bonds. The summed E-state index contributed by atoms with van der Waals surface area (Å²) < 4.78 is 27.5. The van der Waals surface area contributed by atoms with Crippen LogP contribution in [0.1, 0.15) is 0 Å². The summed E-state index contributed by atoms with van der Waals surface area (Å²) in [6, 6.07) is 0. The molecule has 0 aliphatic carbocycles. The van der Waals surface area contributed by atoms with Gasteiger partial charge in [-0.05, 0) is 0 Å². The third-order valence-corrected chi connectivity index (χ3v) is 2.74. The minimum Gasteiger partial charge on any atom is -0.790 e. The first-order valence-electron chi connectivity index (χ1n) is 4.75. The summed E-state index contributed by atoms with van der Waals surface area (Å²) in [7, 11) is -10.6. The van der Waals surface area contributed by atoms with E-state index in [-0.39, 0.29) is 52.6 Å². The Morgan fingerprint density at radius 3 is 1.91 bits per heavy atom. The molecule has 12 nitrogen and oxygen atoms in total. The monoisotopic (exact) mass is 384 g/mol. The van der Waals surface area contributed by atoms with Gasteiger partial charge >= 0.3 is 52.6 Å². The maximum atomic E-state index is 11.1. The van der Waals surface area contributed by atoms with Crippen LogP contribution in [0.5, 0.6) is 0 Å². The molecule has 0 radical (unpaired) electrons. The van der Waals surface area contributed by atoms with Crippen LogP contribution in [-0.2, 0) is 23.0 Å². The van der Waals surface area contributed by atoms with Crippen molar-refractivity contribution in [3.8, 4) is 0 Å². The van der Waals surface area contributed by atoms with Crippen LogP contribution >= 0.6 is 15.6 Å². The average Bonchev–Trinajstić information content (AvgIpc) is 2.29. The second-order valence-electron chi connectivity index (χ2n) is 3.45. The molecule has 120 valence electrons. The minimum absolute atomic E-state index is 0. The second-order valence-corrected chi connectivity index (χ2v) is 5.80. The number of carbonyl (C=O) groups excluding carboxylic acids is 1. The van der Waals surface area contributed by atoms with Crippen LogP contribution in [0, 0.1) is 0 Å². The van der Waals surface area contributed by atoms with E-state index >= 15 is 0 Å². The fourth-order valence-corrected chi connectivity index (χ4v) is 1.52. The topological polar surface area (TPSA) is 220 Å². The van der Waals surface area contributed by atoms with Gasteiger partial charge in [0.1, 0.15) is 24.9 Å². The van der Waals surface area contributed by atoms with Crippen molar-refractivity contribution in [1.82, 2.24) is 0 Å². The van der Waals surface area contributed by atoms with Crippen molar-refractivity contribution in [2.24, 2.45) is 0 Å². The summed E-state index contributed by atoms with van der Waals surface area (Å²) in [5.41, 5.74) is 0. The maximum absolute atomic E-state index is 11.1. The van der Waals surface area contributed by atoms with Crippen LogP contribution < -0.4 is 44.2 Å². The van der Waals surface area contributed by atoms with Gasteiger partial charge in [-0.2, -0.15) is 0 Å². The maximum Gasteiger partial charge on any atom is 2.00 e. The fourth-order valence-electron chi connectivity index (χ4n) is 0.898. The van der Waals surface area contributed by atoms with Crippen molar-refractivity contribution in [2.75, 3.05) is 13.2 Å². The Balaban J connectivity index is -0.00000180. The molecule has 0 aliphatic rings. The summed E-state index contributed by atoms with van der Waals surface area (Å²) in [6.07, 6.45) is -6.74. The summed E-state index contributed by atoms with van der Waals surface area (Å²) in [4.78, 5) is 49.6. The molecular formula is C6H11MgNaO12P2. The van der Waals surface area contributed by atoms with Crippen LogP contribution in [0.4, 0.5) is 0 Å². The number of phosphoric ester groups is 2. The Bertz CT molecular complexity index is 422. The van der Waals surface area contributed by atoms with Gasteiger partial charge in [0.05, 0.1) is 14.4 Å². The first-order chi connectivity index (χ1) is 8.83. The van der Waals surface area contributed by atoms with Crippen LogP contribution in [0.25, 0.3) is 0 Å². The van der Waals surface area contributed by atoms with Gasteiger partial charge in [0.15, 0.2) is 5.78 Å². The zero-order valence-corrected chi connectivity index (χ0v) is 16.5.